The zero-order valence-corrected chi connectivity index (χ0v) is 31.4. The van der Waals surface area contributed by atoms with Crippen LogP contribution in [0.25, 0.3) is 84.5 Å². The second-order valence-electron chi connectivity index (χ2n) is 14.1. The van der Waals surface area contributed by atoms with Crippen molar-refractivity contribution in [2.45, 2.75) is 0 Å². The van der Waals surface area contributed by atoms with Gasteiger partial charge in [-0.25, -0.2) is 0 Å². The lowest BCUT2D eigenvalue weighted by molar-refractivity contribution is 1.29. The van der Waals surface area contributed by atoms with Gasteiger partial charge in [-0.2, -0.15) is 0 Å². The zero-order chi connectivity index (χ0) is 36.3. The molecule has 0 bridgehead atoms. The van der Waals surface area contributed by atoms with Crippen LogP contribution in [0.15, 0.2) is 200 Å². The molecule has 9 aromatic carbocycles. The van der Waals surface area contributed by atoms with Gasteiger partial charge in [-0.15, -0.1) is 22.7 Å². The molecule has 3 heteroatoms. The highest BCUT2D eigenvalue weighted by Crippen LogP contribution is 2.47. The molecule has 0 amide bonds. The van der Waals surface area contributed by atoms with Crippen molar-refractivity contribution < 1.29 is 0 Å². The number of benzene rings is 9. The number of nitrogens with zero attached hydrogens (tertiary/aromatic N) is 1. The zero-order valence-electron chi connectivity index (χ0n) is 29.8. The van der Waals surface area contributed by atoms with Crippen molar-refractivity contribution in [1.82, 2.24) is 0 Å². The molecule has 0 fully saturated rings. The quantitative estimate of drug-likeness (QED) is 0.164. The van der Waals surface area contributed by atoms with E-state index in [2.05, 4.69) is 205 Å². The normalized spacial score (nSPS) is 11.6. The van der Waals surface area contributed by atoms with Gasteiger partial charge in [-0.3, -0.25) is 0 Å². The van der Waals surface area contributed by atoms with E-state index >= 15 is 0 Å². The van der Waals surface area contributed by atoms with Crippen molar-refractivity contribution in [3.63, 3.8) is 0 Å². The summed E-state index contributed by atoms with van der Waals surface area (Å²) < 4.78 is 5.22. The number of fused-ring (bicyclic) bond motifs is 7. The minimum atomic E-state index is 1.11. The number of anilines is 3. The third-order valence-corrected chi connectivity index (χ3v) is 13.2. The predicted molar refractivity (Wildman–Crippen MR) is 241 cm³/mol. The summed E-state index contributed by atoms with van der Waals surface area (Å²) >= 11 is 3.75. The van der Waals surface area contributed by atoms with Gasteiger partial charge in [-0.1, -0.05) is 152 Å². The molecule has 0 aliphatic rings. The Morgan fingerprint density at radius 2 is 0.855 bits per heavy atom. The molecule has 2 aromatic heterocycles. The fraction of sp³-hybridized carbons (Fsp3) is 0. The van der Waals surface area contributed by atoms with Gasteiger partial charge >= 0.3 is 0 Å². The average Bonchev–Trinajstić information content (AvgIpc) is 3.82. The number of thiophene rings is 2. The minimum Gasteiger partial charge on any atom is -0.310 e. The summed E-state index contributed by atoms with van der Waals surface area (Å²) in [5.41, 5.74) is 10.7. The standard InChI is InChI=1S/C52H33NS2/c1-2-12-34(13-3-1)42-30-28-38(32-48(42)47-21-11-20-46-44-18-7-9-23-50(44)55-52(46)47)53(39-29-31-45-43-17-6-8-22-49(43)54-51(45)33-39)37-26-24-36(25-27-37)41-19-10-15-35-14-4-5-16-40(35)41/h1-33H. The molecule has 258 valence electrons. The van der Waals surface area contributed by atoms with E-state index in [1.165, 1.54) is 84.5 Å². The van der Waals surface area contributed by atoms with Crippen LogP contribution >= 0.6 is 22.7 Å². The first-order valence-corrected chi connectivity index (χ1v) is 20.3. The molecule has 11 aromatic rings. The van der Waals surface area contributed by atoms with E-state index in [9.17, 15) is 0 Å². The lowest BCUT2D eigenvalue weighted by Crippen LogP contribution is -2.10. The molecular weight excluding hydrogens is 703 g/mol. The molecule has 55 heavy (non-hydrogen) atoms. The third kappa shape index (κ3) is 5.43. The van der Waals surface area contributed by atoms with Crippen molar-refractivity contribution in [1.29, 1.82) is 0 Å². The second kappa shape index (κ2) is 13.1. The summed E-state index contributed by atoms with van der Waals surface area (Å²) in [6, 6.07) is 73.5. The maximum absolute atomic E-state index is 2.43. The number of rotatable bonds is 6. The SMILES string of the molecule is c1ccc(-c2ccc(N(c3ccc(-c4cccc5ccccc45)cc3)c3ccc4c(c3)sc3ccccc34)cc2-c2cccc3c2sc2ccccc23)cc1. The molecule has 0 spiro atoms. The summed E-state index contributed by atoms with van der Waals surface area (Å²) in [5, 5.41) is 7.74. The molecule has 11 rings (SSSR count). The Labute approximate surface area is 327 Å². The smallest absolute Gasteiger partial charge is 0.0476 e. The molecule has 0 saturated carbocycles. The molecule has 0 radical (unpaired) electrons. The molecule has 0 aliphatic carbocycles. The number of hydrogen-bond acceptors (Lipinski definition) is 3. The predicted octanol–water partition coefficient (Wildman–Crippen LogP) is 16.0. The van der Waals surface area contributed by atoms with Crippen LogP contribution in [0.1, 0.15) is 0 Å². The third-order valence-electron chi connectivity index (χ3n) is 10.9. The highest BCUT2D eigenvalue weighted by molar-refractivity contribution is 7.26. The van der Waals surface area contributed by atoms with Crippen molar-refractivity contribution in [2.24, 2.45) is 0 Å². The minimum absolute atomic E-state index is 1.11. The van der Waals surface area contributed by atoms with E-state index in [0.29, 0.717) is 0 Å². The summed E-state index contributed by atoms with van der Waals surface area (Å²) in [6.45, 7) is 0. The Hall–Kier alpha value is -6.52. The highest BCUT2D eigenvalue weighted by Gasteiger charge is 2.20. The van der Waals surface area contributed by atoms with E-state index < -0.39 is 0 Å². The first-order chi connectivity index (χ1) is 27.3. The largest absolute Gasteiger partial charge is 0.310 e. The molecule has 0 atom stereocenters. The van der Waals surface area contributed by atoms with Gasteiger partial charge in [0.1, 0.15) is 0 Å². The van der Waals surface area contributed by atoms with E-state index in [1.807, 2.05) is 22.7 Å². The van der Waals surface area contributed by atoms with Crippen LogP contribution in [0, 0.1) is 0 Å². The van der Waals surface area contributed by atoms with Crippen LogP contribution in [0.5, 0.6) is 0 Å². The van der Waals surface area contributed by atoms with Crippen LogP contribution in [-0.2, 0) is 0 Å². The van der Waals surface area contributed by atoms with Gasteiger partial charge in [0.05, 0.1) is 0 Å². The van der Waals surface area contributed by atoms with Crippen molar-refractivity contribution in [3.8, 4) is 33.4 Å². The van der Waals surface area contributed by atoms with Gasteiger partial charge < -0.3 is 4.90 Å². The molecule has 0 aliphatic heterocycles. The lowest BCUT2D eigenvalue weighted by Gasteiger charge is -2.27. The van der Waals surface area contributed by atoms with E-state index in [1.54, 1.807) is 0 Å². The van der Waals surface area contributed by atoms with E-state index in [4.69, 9.17) is 0 Å². The van der Waals surface area contributed by atoms with Crippen LogP contribution < -0.4 is 4.90 Å². The Balaban J connectivity index is 1.13. The Kier molecular flexibility index (Phi) is 7.61. The van der Waals surface area contributed by atoms with Crippen LogP contribution in [0.2, 0.25) is 0 Å². The van der Waals surface area contributed by atoms with Crippen molar-refractivity contribution in [2.75, 3.05) is 4.90 Å². The summed E-state index contributed by atoms with van der Waals surface area (Å²) in [5.74, 6) is 0. The van der Waals surface area contributed by atoms with Gasteiger partial charge in [0.15, 0.2) is 0 Å². The summed E-state index contributed by atoms with van der Waals surface area (Å²) in [4.78, 5) is 2.43. The maximum Gasteiger partial charge on any atom is 0.0476 e. The highest BCUT2D eigenvalue weighted by atomic mass is 32.1. The topological polar surface area (TPSA) is 3.24 Å². The van der Waals surface area contributed by atoms with Crippen LogP contribution in [0.4, 0.5) is 17.1 Å². The fourth-order valence-electron chi connectivity index (χ4n) is 8.29. The van der Waals surface area contributed by atoms with Crippen LogP contribution in [-0.4, -0.2) is 0 Å². The van der Waals surface area contributed by atoms with Crippen molar-refractivity contribution >= 4 is 90.9 Å². The fourth-order valence-corrected chi connectivity index (χ4v) is 10.7. The maximum atomic E-state index is 2.43. The summed E-state index contributed by atoms with van der Waals surface area (Å²) in [6.07, 6.45) is 0. The van der Waals surface area contributed by atoms with Gasteiger partial charge in [-0.05, 0) is 87.1 Å². The average molecular weight is 736 g/mol. The molecule has 0 N–H and O–H groups in total. The van der Waals surface area contributed by atoms with Crippen LogP contribution in [0.3, 0.4) is 0 Å². The Morgan fingerprint density at radius 3 is 1.69 bits per heavy atom. The summed E-state index contributed by atoms with van der Waals surface area (Å²) in [7, 11) is 0. The van der Waals surface area contributed by atoms with Gasteiger partial charge in [0, 0.05) is 63.0 Å². The second-order valence-corrected chi connectivity index (χ2v) is 16.2. The first kappa shape index (κ1) is 32.0. The van der Waals surface area contributed by atoms with E-state index in [-0.39, 0.29) is 0 Å². The molecule has 2 heterocycles. The van der Waals surface area contributed by atoms with Gasteiger partial charge in [0.2, 0.25) is 0 Å². The Morgan fingerprint density at radius 1 is 0.291 bits per heavy atom. The van der Waals surface area contributed by atoms with Gasteiger partial charge in [0.25, 0.3) is 0 Å². The lowest BCUT2D eigenvalue weighted by atomic mass is 9.92. The molecule has 1 nitrogen and oxygen atoms in total. The molecular formula is C52H33NS2. The van der Waals surface area contributed by atoms with Crippen molar-refractivity contribution in [3.05, 3.63) is 200 Å². The molecule has 0 unspecified atom stereocenters. The Bertz CT molecular complexity index is 3200. The monoisotopic (exact) mass is 735 g/mol. The number of hydrogen-bond donors (Lipinski definition) is 0. The molecule has 0 saturated heterocycles. The van der Waals surface area contributed by atoms with E-state index in [0.717, 1.165) is 17.1 Å². The first-order valence-electron chi connectivity index (χ1n) is 18.7.